The lowest BCUT2D eigenvalue weighted by Gasteiger charge is -2.10. The first-order valence-corrected chi connectivity index (χ1v) is 10.0. The molecule has 0 radical (unpaired) electrons. The molecule has 0 aliphatic carbocycles. The molecule has 0 saturated carbocycles. The van der Waals surface area contributed by atoms with Crippen LogP contribution in [0.1, 0.15) is 0 Å². The molecule has 0 amide bonds. The van der Waals surface area contributed by atoms with Crippen LogP contribution in [-0.4, -0.2) is 18.6 Å². The summed E-state index contributed by atoms with van der Waals surface area (Å²) in [6.45, 7) is 0. The number of benzene rings is 3. The van der Waals surface area contributed by atoms with Gasteiger partial charge in [-0.2, -0.15) is 5.10 Å². The Labute approximate surface area is 165 Å². The van der Waals surface area contributed by atoms with Gasteiger partial charge < -0.3 is 5.73 Å². The number of hydrogen-bond acceptors (Lipinski definition) is 4. The first kappa shape index (κ1) is 18.3. The molecule has 1 heterocycles. The molecular formula is C19H14ClFN4O2S. The average Bonchev–Trinajstić information content (AvgIpc) is 3.05. The summed E-state index contributed by atoms with van der Waals surface area (Å²) in [4.78, 5) is 0.0532. The highest BCUT2D eigenvalue weighted by molar-refractivity contribution is 7.92. The summed E-state index contributed by atoms with van der Waals surface area (Å²) in [7, 11) is -3.78. The summed E-state index contributed by atoms with van der Waals surface area (Å²) in [6.07, 6.45) is 0. The van der Waals surface area contributed by atoms with Gasteiger partial charge in [0.2, 0.25) is 0 Å². The van der Waals surface area contributed by atoms with Crippen LogP contribution in [0.5, 0.6) is 0 Å². The van der Waals surface area contributed by atoms with Gasteiger partial charge in [-0.25, -0.2) is 12.8 Å². The first-order chi connectivity index (χ1) is 13.3. The number of rotatable bonds is 4. The number of H-pyrrole nitrogens is 1. The van der Waals surface area contributed by atoms with E-state index in [2.05, 4.69) is 14.9 Å². The van der Waals surface area contributed by atoms with Crippen molar-refractivity contribution in [2.45, 2.75) is 4.90 Å². The second-order valence-electron chi connectivity index (χ2n) is 6.10. The van der Waals surface area contributed by atoms with Gasteiger partial charge in [-0.3, -0.25) is 9.82 Å². The van der Waals surface area contributed by atoms with Crippen LogP contribution in [0, 0.1) is 5.82 Å². The van der Waals surface area contributed by atoms with Crippen LogP contribution in [0.3, 0.4) is 0 Å². The van der Waals surface area contributed by atoms with E-state index in [9.17, 15) is 12.8 Å². The third-order valence-electron chi connectivity index (χ3n) is 4.26. The Bertz CT molecular complexity index is 1290. The molecule has 4 N–H and O–H groups in total. The number of nitrogens with zero attached hydrogens (tertiary/aromatic N) is 1. The standard InChI is InChI=1S/C19H14ClFN4O2S/c20-12-2-1-3-14(10-12)28(26,27)25-13-6-4-11(5-7-13)15-8-9-16-18(17(15)21)23-24-19(16)22/h1-10,25H,(H3,22,23,24). The average molecular weight is 417 g/mol. The third-order valence-corrected chi connectivity index (χ3v) is 5.87. The number of nitrogens with two attached hydrogens (primary N) is 1. The molecule has 142 valence electrons. The topological polar surface area (TPSA) is 101 Å². The van der Waals surface area contributed by atoms with Crippen molar-refractivity contribution in [3.63, 3.8) is 0 Å². The molecule has 6 nitrogen and oxygen atoms in total. The molecule has 0 unspecified atom stereocenters. The number of sulfonamides is 1. The Morgan fingerprint density at radius 3 is 2.54 bits per heavy atom. The molecule has 9 heteroatoms. The molecule has 1 aromatic heterocycles. The Hall–Kier alpha value is -3.10. The largest absolute Gasteiger partial charge is 0.382 e. The number of fused-ring (bicyclic) bond motifs is 1. The second-order valence-corrected chi connectivity index (χ2v) is 8.22. The zero-order valence-electron chi connectivity index (χ0n) is 14.3. The van der Waals surface area contributed by atoms with Gasteiger partial charge in [0.05, 0.1) is 4.90 Å². The van der Waals surface area contributed by atoms with Crippen molar-refractivity contribution < 1.29 is 12.8 Å². The summed E-state index contributed by atoms with van der Waals surface area (Å²) >= 11 is 5.86. The fraction of sp³-hybridized carbons (Fsp3) is 0. The van der Waals surface area contributed by atoms with Crippen LogP contribution in [0.2, 0.25) is 5.02 Å². The van der Waals surface area contributed by atoms with Crippen molar-refractivity contribution in [2.24, 2.45) is 0 Å². The van der Waals surface area contributed by atoms with Gasteiger partial charge in [0.25, 0.3) is 10.0 Å². The molecule has 0 aliphatic heterocycles. The number of aromatic amines is 1. The first-order valence-electron chi connectivity index (χ1n) is 8.16. The lowest BCUT2D eigenvalue weighted by molar-refractivity contribution is 0.601. The molecule has 0 atom stereocenters. The number of halogens is 2. The van der Waals surface area contributed by atoms with Gasteiger partial charge in [-0.1, -0.05) is 35.9 Å². The van der Waals surface area contributed by atoms with Crippen LogP contribution < -0.4 is 10.5 Å². The van der Waals surface area contributed by atoms with Crippen LogP contribution in [0.4, 0.5) is 15.9 Å². The summed E-state index contributed by atoms with van der Waals surface area (Å²) in [5.74, 6) is -0.250. The predicted octanol–water partition coefficient (Wildman–Crippen LogP) is 4.41. The summed E-state index contributed by atoms with van der Waals surface area (Å²) in [5.41, 5.74) is 7.18. The van der Waals surface area contributed by atoms with Crippen LogP contribution >= 0.6 is 11.6 Å². The van der Waals surface area contributed by atoms with Gasteiger partial charge in [-0.05, 0) is 42.0 Å². The number of anilines is 2. The van der Waals surface area contributed by atoms with Gasteiger partial charge in [0.1, 0.15) is 5.52 Å². The van der Waals surface area contributed by atoms with E-state index in [1.165, 1.54) is 12.1 Å². The van der Waals surface area contributed by atoms with E-state index in [0.29, 0.717) is 27.2 Å². The van der Waals surface area contributed by atoms with Gasteiger partial charge in [0.15, 0.2) is 11.6 Å². The maximum absolute atomic E-state index is 14.7. The monoisotopic (exact) mass is 416 g/mol. The highest BCUT2D eigenvalue weighted by Crippen LogP contribution is 2.31. The molecule has 0 fully saturated rings. The van der Waals surface area contributed by atoms with Crippen LogP contribution in [-0.2, 0) is 10.0 Å². The molecule has 0 saturated heterocycles. The minimum Gasteiger partial charge on any atom is -0.382 e. The maximum atomic E-state index is 14.7. The summed E-state index contributed by atoms with van der Waals surface area (Å²) in [6, 6.07) is 15.6. The van der Waals surface area contributed by atoms with Crippen molar-refractivity contribution in [1.82, 2.24) is 10.2 Å². The fourth-order valence-corrected chi connectivity index (χ4v) is 4.22. The van der Waals surface area contributed by atoms with Crippen molar-refractivity contribution in [3.8, 4) is 11.1 Å². The molecule has 0 bridgehead atoms. The smallest absolute Gasteiger partial charge is 0.261 e. The van der Waals surface area contributed by atoms with Crippen molar-refractivity contribution in [2.75, 3.05) is 10.5 Å². The Balaban J connectivity index is 1.63. The highest BCUT2D eigenvalue weighted by atomic mass is 35.5. The Morgan fingerprint density at radius 1 is 1.07 bits per heavy atom. The molecule has 0 spiro atoms. The quantitative estimate of drug-likeness (QED) is 0.458. The van der Waals surface area contributed by atoms with Gasteiger partial charge in [0, 0.05) is 21.7 Å². The van der Waals surface area contributed by atoms with E-state index < -0.39 is 15.8 Å². The third kappa shape index (κ3) is 3.28. The van der Waals surface area contributed by atoms with Crippen molar-refractivity contribution >= 4 is 44.0 Å². The molecule has 3 aromatic carbocycles. The van der Waals surface area contributed by atoms with E-state index >= 15 is 0 Å². The second kappa shape index (κ2) is 6.81. The molecule has 4 rings (SSSR count). The van der Waals surface area contributed by atoms with Crippen LogP contribution in [0.25, 0.3) is 22.0 Å². The molecule has 4 aromatic rings. The maximum Gasteiger partial charge on any atom is 0.261 e. The summed E-state index contributed by atoms with van der Waals surface area (Å²) in [5, 5.41) is 7.22. The van der Waals surface area contributed by atoms with E-state index in [1.54, 1.807) is 48.5 Å². The lowest BCUT2D eigenvalue weighted by atomic mass is 10.0. The predicted molar refractivity (Wildman–Crippen MR) is 108 cm³/mol. The number of hydrogen-bond donors (Lipinski definition) is 3. The Kier molecular flexibility index (Phi) is 4.44. The normalized spacial score (nSPS) is 11.6. The Morgan fingerprint density at radius 2 is 1.82 bits per heavy atom. The van der Waals surface area contributed by atoms with E-state index in [0.717, 1.165) is 0 Å². The molecule has 0 aliphatic rings. The molecular weight excluding hydrogens is 403 g/mol. The minimum atomic E-state index is -3.78. The summed E-state index contributed by atoms with van der Waals surface area (Å²) < 4.78 is 42.1. The highest BCUT2D eigenvalue weighted by Gasteiger charge is 2.16. The minimum absolute atomic E-state index is 0.0532. The van der Waals surface area contributed by atoms with Gasteiger partial charge in [-0.15, -0.1) is 0 Å². The van der Waals surface area contributed by atoms with E-state index in [-0.39, 0.29) is 16.2 Å². The van der Waals surface area contributed by atoms with Crippen molar-refractivity contribution in [3.05, 3.63) is 71.5 Å². The molecule has 28 heavy (non-hydrogen) atoms. The zero-order valence-corrected chi connectivity index (χ0v) is 15.9. The number of aromatic nitrogens is 2. The van der Waals surface area contributed by atoms with E-state index in [1.807, 2.05) is 0 Å². The van der Waals surface area contributed by atoms with E-state index in [4.69, 9.17) is 17.3 Å². The fourth-order valence-electron chi connectivity index (χ4n) is 2.86. The number of nitrogens with one attached hydrogen (secondary N) is 2. The lowest BCUT2D eigenvalue weighted by Crippen LogP contribution is -2.12. The zero-order chi connectivity index (χ0) is 19.9. The van der Waals surface area contributed by atoms with Crippen LogP contribution in [0.15, 0.2) is 65.6 Å². The SMILES string of the molecule is Nc1n[nH]c2c(F)c(-c3ccc(NS(=O)(=O)c4cccc(Cl)c4)cc3)ccc12. The van der Waals surface area contributed by atoms with Crippen molar-refractivity contribution in [1.29, 1.82) is 0 Å². The van der Waals surface area contributed by atoms with Gasteiger partial charge >= 0.3 is 0 Å². The number of nitrogen functional groups attached to an aromatic ring is 1.